The summed E-state index contributed by atoms with van der Waals surface area (Å²) in [6.07, 6.45) is -0.595. The molecule has 2 heteroatoms. The van der Waals surface area contributed by atoms with Gasteiger partial charge < -0.3 is 5.11 Å². The first-order valence-corrected chi connectivity index (χ1v) is 7.62. The molecule has 0 amide bonds. The van der Waals surface area contributed by atoms with Gasteiger partial charge in [-0.1, -0.05) is 82.7 Å². The lowest BCUT2D eigenvalue weighted by Crippen LogP contribution is -1.99. The van der Waals surface area contributed by atoms with E-state index >= 15 is 0 Å². The molecule has 1 nitrogen and oxygen atoms in total. The van der Waals surface area contributed by atoms with Gasteiger partial charge in [0.25, 0.3) is 0 Å². The van der Waals surface area contributed by atoms with E-state index < -0.39 is 6.10 Å². The summed E-state index contributed by atoms with van der Waals surface area (Å²) in [7, 11) is 0. The van der Waals surface area contributed by atoms with Crippen molar-refractivity contribution in [2.24, 2.45) is 0 Å². The van der Waals surface area contributed by atoms with E-state index in [0.717, 1.165) is 21.2 Å². The summed E-state index contributed by atoms with van der Waals surface area (Å²) in [4.78, 5) is 0. The monoisotopic (exact) mass is 338 g/mol. The fourth-order valence-corrected chi connectivity index (χ4v) is 2.59. The minimum Gasteiger partial charge on any atom is -0.384 e. The molecule has 0 aromatic heterocycles. The van der Waals surface area contributed by atoms with Gasteiger partial charge in [0.05, 0.1) is 0 Å². The highest BCUT2D eigenvalue weighted by atomic mass is 79.9. The van der Waals surface area contributed by atoms with Gasteiger partial charge in [-0.2, -0.15) is 0 Å². The highest BCUT2D eigenvalue weighted by Crippen LogP contribution is 2.26. The van der Waals surface area contributed by atoms with Crippen molar-refractivity contribution in [1.29, 1.82) is 0 Å². The number of rotatable bonds is 3. The third-order valence-corrected chi connectivity index (χ3v) is 4.05. The minimum atomic E-state index is -0.595. The second kappa shape index (κ2) is 6.25. The first-order valence-electron chi connectivity index (χ1n) is 6.83. The first kappa shape index (κ1) is 14.1. The van der Waals surface area contributed by atoms with Crippen LogP contribution in [-0.2, 0) is 0 Å². The number of benzene rings is 3. The van der Waals surface area contributed by atoms with Crippen LogP contribution in [-0.4, -0.2) is 5.11 Å². The highest BCUT2D eigenvalue weighted by molar-refractivity contribution is 9.10. The van der Waals surface area contributed by atoms with Crippen LogP contribution in [0.3, 0.4) is 0 Å². The number of hydrogen-bond acceptors (Lipinski definition) is 1. The van der Waals surface area contributed by atoms with Gasteiger partial charge in [0, 0.05) is 4.47 Å². The molecule has 3 aromatic rings. The van der Waals surface area contributed by atoms with Gasteiger partial charge >= 0.3 is 0 Å². The van der Waals surface area contributed by atoms with E-state index in [-0.39, 0.29) is 0 Å². The molecule has 0 fully saturated rings. The van der Waals surface area contributed by atoms with Crippen molar-refractivity contribution in [3.05, 3.63) is 94.5 Å². The normalized spacial score (nSPS) is 12.1. The zero-order valence-electron chi connectivity index (χ0n) is 11.4. The fraction of sp³-hybridized carbons (Fsp3) is 0.0526. The Labute approximate surface area is 133 Å². The van der Waals surface area contributed by atoms with E-state index in [0.29, 0.717) is 0 Å². The summed E-state index contributed by atoms with van der Waals surface area (Å²) in [6, 6.07) is 26.0. The van der Waals surface area contributed by atoms with E-state index in [1.54, 1.807) is 0 Å². The maximum Gasteiger partial charge on any atom is 0.104 e. The summed E-state index contributed by atoms with van der Waals surface area (Å²) in [5.41, 5.74) is 4.13. The Kier molecular flexibility index (Phi) is 4.18. The molecule has 0 spiro atoms. The van der Waals surface area contributed by atoms with Gasteiger partial charge in [0.1, 0.15) is 6.10 Å². The molecule has 104 valence electrons. The minimum absolute atomic E-state index is 0.595. The van der Waals surface area contributed by atoms with Crippen LogP contribution in [0.5, 0.6) is 0 Å². The van der Waals surface area contributed by atoms with Crippen LogP contribution < -0.4 is 0 Å². The maximum absolute atomic E-state index is 10.4. The highest BCUT2D eigenvalue weighted by Gasteiger charge is 2.10. The van der Waals surface area contributed by atoms with E-state index in [4.69, 9.17) is 0 Å². The number of aliphatic hydroxyl groups excluding tert-OH is 1. The van der Waals surface area contributed by atoms with Crippen molar-refractivity contribution < 1.29 is 5.11 Å². The topological polar surface area (TPSA) is 20.2 Å². The average Bonchev–Trinajstić information content (AvgIpc) is 2.56. The molecule has 0 bridgehead atoms. The zero-order valence-corrected chi connectivity index (χ0v) is 13.0. The summed E-state index contributed by atoms with van der Waals surface area (Å²) in [5, 5.41) is 10.4. The third-order valence-electron chi connectivity index (χ3n) is 3.52. The maximum atomic E-state index is 10.4. The van der Waals surface area contributed by atoms with E-state index in [9.17, 15) is 5.11 Å². The molecule has 21 heavy (non-hydrogen) atoms. The van der Waals surface area contributed by atoms with Gasteiger partial charge in [-0.25, -0.2) is 0 Å². The molecule has 0 aliphatic heterocycles. The lowest BCUT2D eigenvalue weighted by Gasteiger charge is -2.12. The Hall–Kier alpha value is -1.90. The third kappa shape index (κ3) is 3.23. The van der Waals surface area contributed by atoms with Gasteiger partial charge in [-0.05, 0) is 34.4 Å². The van der Waals surface area contributed by atoms with Crippen molar-refractivity contribution in [3.8, 4) is 11.1 Å². The van der Waals surface area contributed by atoms with Gasteiger partial charge in [0.15, 0.2) is 0 Å². The second-order valence-corrected chi connectivity index (χ2v) is 5.86. The summed E-state index contributed by atoms with van der Waals surface area (Å²) in [6.45, 7) is 0. The number of halogens is 1. The van der Waals surface area contributed by atoms with Gasteiger partial charge in [-0.3, -0.25) is 0 Å². The van der Waals surface area contributed by atoms with E-state index in [1.165, 1.54) is 5.56 Å². The quantitative estimate of drug-likeness (QED) is 0.696. The molecule has 3 rings (SSSR count). The fourth-order valence-electron chi connectivity index (χ4n) is 2.33. The summed E-state index contributed by atoms with van der Waals surface area (Å²) < 4.78 is 1.01. The zero-order chi connectivity index (χ0) is 14.7. The standard InChI is InChI=1S/C19H15BrO/c20-18-12-10-17(11-13-18)19(21)16-8-6-15(7-9-16)14-4-2-1-3-5-14/h1-13,19,21H/t19-/m0/s1. The SMILES string of the molecule is O[C@H](c1ccc(Br)cc1)c1ccc(-c2ccccc2)cc1. The van der Waals surface area contributed by atoms with Crippen LogP contribution in [0.25, 0.3) is 11.1 Å². The number of aliphatic hydroxyl groups is 1. The molecule has 0 aliphatic rings. The molecule has 0 unspecified atom stereocenters. The molecule has 1 N–H and O–H groups in total. The molecule has 0 heterocycles. The van der Waals surface area contributed by atoms with Crippen LogP contribution in [0.15, 0.2) is 83.3 Å². The molecule has 0 radical (unpaired) electrons. The largest absolute Gasteiger partial charge is 0.384 e. The summed E-state index contributed by atoms with van der Waals surface area (Å²) >= 11 is 3.40. The van der Waals surface area contributed by atoms with Crippen molar-refractivity contribution in [3.63, 3.8) is 0 Å². The van der Waals surface area contributed by atoms with Crippen LogP contribution in [0, 0.1) is 0 Å². The molecule has 0 aliphatic carbocycles. The van der Waals surface area contributed by atoms with Crippen molar-refractivity contribution in [2.75, 3.05) is 0 Å². The number of hydrogen-bond donors (Lipinski definition) is 1. The van der Waals surface area contributed by atoms with Crippen LogP contribution in [0.1, 0.15) is 17.2 Å². The predicted molar refractivity (Wildman–Crippen MR) is 90.1 cm³/mol. The van der Waals surface area contributed by atoms with E-state index in [1.807, 2.05) is 66.7 Å². The Morgan fingerprint density at radius 1 is 0.619 bits per heavy atom. The van der Waals surface area contributed by atoms with Crippen molar-refractivity contribution >= 4 is 15.9 Å². The lowest BCUT2D eigenvalue weighted by molar-refractivity contribution is 0.220. The van der Waals surface area contributed by atoms with Crippen molar-refractivity contribution in [1.82, 2.24) is 0 Å². The van der Waals surface area contributed by atoms with Crippen LogP contribution in [0.4, 0.5) is 0 Å². The first-order chi connectivity index (χ1) is 10.2. The lowest BCUT2D eigenvalue weighted by atomic mass is 9.98. The van der Waals surface area contributed by atoms with Crippen LogP contribution >= 0.6 is 15.9 Å². The van der Waals surface area contributed by atoms with Gasteiger partial charge in [-0.15, -0.1) is 0 Å². The Balaban J connectivity index is 1.85. The predicted octanol–water partition coefficient (Wildman–Crippen LogP) is 5.20. The molecule has 3 aromatic carbocycles. The van der Waals surface area contributed by atoms with Gasteiger partial charge in [0.2, 0.25) is 0 Å². The summed E-state index contributed by atoms with van der Waals surface area (Å²) in [5.74, 6) is 0. The smallest absolute Gasteiger partial charge is 0.104 e. The Morgan fingerprint density at radius 3 is 1.67 bits per heavy atom. The average molecular weight is 339 g/mol. The molecule has 1 atom stereocenters. The molecular formula is C19H15BrO. The Morgan fingerprint density at radius 2 is 1.10 bits per heavy atom. The van der Waals surface area contributed by atoms with E-state index in [2.05, 4.69) is 28.1 Å². The van der Waals surface area contributed by atoms with Crippen molar-refractivity contribution in [2.45, 2.75) is 6.10 Å². The molecular weight excluding hydrogens is 324 g/mol. The van der Waals surface area contributed by atoms with Crippen LogP contribution in [0.2, 0.25) is 0 Å². The molecule has 0 saturated carbocycles. The second-order valence-electron chi connectivity index (χ2n) is 4.94. The molecule has 0 saturated heterocycles. The Bertz CT molecular complexity index is 703.